The monoisotopic (exact) mass is 270 g/mol. The molecule has 1 unspecified atom stereocenters. The Morgan fingerprint density at radius 2 is 1.95 bits per heavy atom. The van der Waals surface area contributed by atoms with Crippen LogP contribution in [0.3, 0.4) is 0 Å². The molecule has 3 heteroatoms. The molecule has 1 atom stereocenters. The third kappa shape index (κ3) is 2.73. The van der Waals surface area contributed by atoms with Crippen molar-refractivity contribution in [3.63, 3.8) is 0 Å². The summed E-state index contributed by atoms with van der Waals surface area (Å²) >= 11 is 0. The van der Waals surface area contributed by atoms with E-state index < -0.39 is 0 Å². The number of hydrogen-bond acceptors (Lipinski definition) is 3. The summed E-state index contributed by atoms with van der Waals surface area (Å²) in [5.74, 6) is 0.932. The molecular formula is C17H22N2O. The van der Waals surface area contributed by atoms with E-state index in [1.807, 2.05) is 12.1 Å². The maximum atomic E-state index is 5.43. The van der Waals surface area contributed by atoms with E-state index in [-0.39, 0.29) is 0 Å². The fourth-order valence-electron chi connectivity index (χ4n) is 2.89. The molecule has 1 aliphatic rings. The first-order valence-electron chi connectivity index (χ1n) is 7.29. The highest BCUT2D eigenvalue weighted by molar-refractivity contribution is 5.62. The average Bonchev–Trinajstić information content (AvgIpc) is 3.02. The van der Waals surface area contributed by atoms with Crippen LogP contribution < -0.4 is 4.90 Å². The zero-order valence-corrected chi connectivity index (χ0v) is 12.2. The van der Waals surface area contributed by atoms with Crippen molar-refractivity contribution in [3.05, 3.63) is 42.7 Å². The second-order valence-corrected chi connectivity index (χ2v) is 5.73. The van der Waals surface area contributed by atoms with Crippen molar-refractivity contribution < 1.29 is 4.42 Å². The normalized spacial score (nSPS) is 19.6. The molecule has 20 heavy (non-hydrogen) atoms. The quantitative estimate of drug-likeness (QED) is 0.851. The highest BCUT2D eigenvalue weighted by atomic mass is 16.3. The first kappa shape index (κ1) is 13.3. The third-order valence-corrected chi connectivity index (χ3v) is 4.16. The van der Waals surface area contributed by atoms with Crippen molar-refractivity contribution in [1.82, 2.24) is 4.90 Å². The van der Waals surface area contributed by atoms with Gasteiger partial charge in [-0.2, -0.15) is 0 Å². The standard InChI is InChI=1S/C17H22N2O/c1-18(2)16-5-3-11-19(13-16)15-9-7-14(8-10-15)17-6-4-12-20-17/h4,6-10,12,16H,3,5,11,13H2,1-2H3. The number of piperidine rings is 1. The number of likely N-dealkylation sites (N-methyl/N-ethyl adjacent to an activating group) is 1. The van der Waals surface area contributed by atoms with E-state index in [0.29, 0.717) is 6.04 Å². The van der Waals surface area contributed by atoms with Crippen molar-refractivity contribution in [3.8, 4) is 11.3 Å². The van der Waals surface area contributed by atoms with Crippen molar-refractivity contribution in [2.45, 2.75) is 18.9 Å². The lowest BCUT2D eigenvalue weighted by Gasteiger charge is -2.37. The zero-order valence-electron chi connectivity index (χ0n) is 12.2. The molecule has 1 saturated heterocycles. The predicted molar refractivity (Wildman–Crippen MR) is 83.1 cm³/mol. The Hall–Kier alpha value is -1.74. The molecule has 1 aliphatic heterocycles. The van der Waals surface area contributed by atoms with Gasteiger partial charge >= 0.3 is 0 Å². The minimum atomic E-state index is 0.661. The molecule has 3 rings (SSSR count). The largest absolute Gasteiger partial charge is 0.464 e. The van der Waals surface area contributed by atoms with Gasteiger partial charge in [0.15, 0.2) is 0 Å². The zero-order chi connectivity index (χ0) is 13.9. The van der Waals surface area contributed by atoms with Crippen LogP contribution in [-0.2, 0) is 0 Å². The van der Waals surface area contributed by atoms with E-state index in [9.17, 15) is 0 Å². The Labute approximate surface area is 120 Å². The minimum absolute atomic E-state index is 0.661. The molecule has 0 aliphatic carbocycles. The number of benzene rings is 1. The Morgan fingerprint density at radius 3 is 2.60 bits per heavy atom. The van der Waals surface area contributed by atoms with Gasteiger partial charge in [-0.1, -0.05) is 0 Å². The molecule has 2 aromatic rings. The van der Waals surface area contributed by atoms with Crippen LogP contribution in [0.1, 0.15) is 12.8 Å². The lowest BCUT2D eigenvalue weighted by atomic mass is 10.0. The summed E-state index contributed by atoms with van der Waals surface area (Å²) in [5, 5.41) is 0. The molecule has 0 amide bonds. The topological polar surface area (TPSA) is 19.6 Å². The van der Waals surface area contributed by atoms with E-state index in [4.69, 9.17) is 4.42 Å². The van der Waals surface area contributed by atoms with E-state index in [0.717, 1.165) is 24.4 Å². The highest BCUT2D eigenvalue weighted by Crippen LogP contribution is 2.26. The van der Waals surface area contributed by atoms with Gasteiger partial charge in [0.05, 0.1) is 6.26 Å². The van der Waals surface area contributed by atoms with Crippen LogP contribution in [0.25, 0.3) is 11.3 Å². The lowest BCUT2D eigenvalue weighted by Crippen LogP contribution is -2.45. The van der Waals surface area contributed by atoms with E-state index in [1.54, 1.807) is 6.26 Å². The molecule has 0 N–H and O–H groups in total. The Balaban J connectivity index is 1.74. The summed E-state index contributed by atoms with van der Waals surface area (Å²) in [6, 6.07) is 13.3. The maximum Gasteiger partial charge on any atom is 0.133 e. The average molecular weight is 270 g/mol. The first-order valence-corrected chi connectivity index (χ1v) is 7.29. The van der Waals surface area contributed by atoms with Gasteiger partial charge in [0, 0.05) is 30.4 Å². The summed E-state index contributed by atoms with van der Waals surface area (Å²) in [6.07, 6.45) is 4.28. The van der Waals surface area contributed by atoms with Crippen LogP contribution in [0.5, 0.6) is 0 Å². The van der Waals surface area contributed by atoms with Crippen LogP contribution in [0.2, 0.25) is 0 Å². The van der Waals surface area contributed by atoms with Gasteiger partial charge in [-0.25, -0.2) is 0 Å². The van der Waals surface area contributed by atoms with Gasteiger partial charge in [-0.05, 0) is 63.3 Å². The number of anilines is 1. The van der Waals surface area contributed by atoms with Crippen LogP contribution in [-0.4, -0.2) is 38.1 Å². The van der Waals surface area contributed by atoms with E-state index in [2.05, 4.69) is 48.2 Å². The number of rotatable bonds is 3. The molecular weight excluding hydrogens is 248 g/mol. The van der Waals surface area contributed by atoms with Gasteiger partial charge in [0.1, 0.15) is 5.76 Å². The van der Waals surface area contributed by atoms with E-state index >= 15 is 0 Å². The first-order chi connectivity index (χ1) is 9.74. The van der Waals surface area contributed by atoms with Crippen molar-refractivity contribution >= 4 is 5.69 Å². The van der Waals surface area contributed by atoms with Gasteiger partial charge in [-0.15, -0.1) is 0 Å². The van der Waals surface area contributed by atoms with E-state index in [1.165, 1.54) is 18.5 Å². The molecule has 0 spiro atoms. The van der Waals surface area contributed by atoms with Crippen LogP contribution in [0.4, 0.5) is 5.69 Å². The maximum absolute atomic E-state index is 5.43. The molecule has 1 aromatic heterocycles. The third-order valence-electron chi connectivity index (χ3n) is 4.16. The van der Waals surface area contributed by atoms with Crippen LogP contribution in [0.15, 0.2) is 47.1 Å². The number of nitrogens with zero attached hydrogens (tertiary/aromatic N) is 2. The highest BCUT2D eigenvalue weighted by Gasteiger charge is 2.21. The smallest absolute Gasteiger partial charge is 0.133 e. The minimum Gasteiger partial charge on any atom is -0.464 e. The summed E-state index contributed by atoms with van der Waals surface area (Å²) in [7, 11) is 4.35. The molecule has 3 nitrogen and oxygen atoms in total. The molecule has 106 valence electrons. The Morgan fingerprint density at radius 1 is 1.15 bits per heavy atom. The van der Waals surface area contributed by atoms with Crippen molar-refractivity contribution in [2.24, 2.45) is 0 Å². The van der Waals surface area contributed by atoms with Crippen molar-refractivity contribution in [2.75, 3.05) is 32.1 Å². The van der Waals surface area contributed by atoms with Crippen LogP contribution in [0, 0.1) is 0 Å². The van der Waals surface area contributed by atoms with Gasteiger partial charge in [0.2, 0.25) is 0 Å². The summed E-state index contributed by atoms with van der Waals surface area (Å²) in [4.78, 5) is 4.82. The number of furan rings is 1. The Kier molecular flexibility index (Phi) is 3.79. The predicted octanol–water partition coefficient (Wildman–Crippen LogP) is 3.48. The summed E-state index contributed by atoms with van der Waals surface area (Å²) in [5.41, 5.74) is 2.45. The SMILES string of the molecule is CN(C)C1CCCN(c2ccc(-c3ccco3)cc2)C1. The summed E-state index contributed by atoms with van der Waals surface area (Å²) in [6.45, 7) is 2.28. The summed E-state index contributed by atoms with van der Waals surface area (Å²) < 4.78 is 5.43. The fourth-order valence-corrected chi connectivity index (χ4v) is 2.89. The second-order valence-electron chi connectivity index (χ2n) is 5.73. The number of hydrogen-bond donors (Lipinski definition) is 0. The van der Waals surface area contributed by atoms with Gasteiger partial charge in [0.25, 0.3) is 0 Å². The molecule has 1 fully saturated rings. The Bertz CT molecular complexity index is 531. The van der Waals surface area contributed by atoms with Crippen LogP contribution >= 0.6 is 0 Å². The fraction of sp³-hybridized carbons (Fsp3) is 0.412. The molecule has 0 bridgehead atoms. The van der Waals surface area contributed by atoms with Crippen molar-refractivity contribution in [1.29, 1.82) is 0 Å². The second kappa shape index (κ2) is 5.71. The molecule has 1 aromatic carbocycles. The molecule has 0 radical (unpaired) electrons. The molecule has 0 saturated carbocycles. The van der Waals surface area contributed by atoms with Gasteiger partial charge in [-0.3, -0.25) is 0 Å². The van der Waals surface area contributed by atoms with Gasteiger partial charge < -0.3 is 14.2 Å². The lowest BCUT2D eigenvalue weighted by molar-refractivity contribution is 0.258. The molecule has 2 heterocycles.